The normalized spacial score (nSPS) is 21.5. The van der Waals surface area contributed by atoms with Crippen molar-refractivity contribution in [3.05, 3.63) is 86.6 Å². The summed E-state index contributed by atoms with van der Waals surface area (Å²) in [5, 5.41) is 13.9. The van der Waals surface area contributed by atoms with Gasteiger partial charge in [-0.15, -0.1) is 0 Å². The summed E-state index contributed by atoms with van der Waals surface area (Å²) in [6, 6.07) is 14.5. The lowest BCUT2D eigenvalue weighted by molar-refractivity contribution is -0.384. The summed E-state index contributed by atoms with van der Waals surface area (Å²) in [6.07, 6.45) is 1.17. The van der Waals surface area contributed by atoms with Crippen LogP contribution in [0.2, 0.25) is 0 Å². The fraction of sp³-hybridized carbons (Fsp3) is 0.360. The van der Waals surface area contributed by atoms with Gasteiger partial charge in [-0.05, 0) is 34.4 Å². The molecule has 0 fully saturated rings. The van der Waals surface area contributed by atoms with Gasteiger partial charge in [0.15, 0.2) is 5.78 Å². The van der Waals surface area contributed by atoms with E-state index < -0.39 is 4.92 Å². The van der Waals surface area contributed by atoms with Crippen molar-refractivity contribution >= 4 is 17.4 Å². The molecule has 0 aromatic heterocycles. The van der Waals surface area contributed by atoms with E-state index in [0.717, 1.165) is 11.1 Å². The van der Waals surface area contributed by atoms with Crippen LogP contribution < -0.4 is 5.32 Å². The highest BCUT2D eigenvalue weighted by molar-refractivity contribution is 6.02. The van der Waals surface area contributed by atoms with Gasteiger partial charge in [0.25, 0.3) is 5.69 Å². The van der Waals surface area contributed by atoms with Gasteiger partial charge in [0.2, 0.25) is 5.91 Å². The molecular weight excluding hydrogens is 392 g/mol. The molecule has 2 aromatic rings. The van der Waals surface area contributed by atoms with Gasteiger partial charge in [-0.1, -0.05) is 57.2 Å². The molecule has 1 aliphatic carbocycles. The number of carbonyl (C=O) groups excluding carboxylic acids is 2. The van der Waals surface area contributed by atoms with E-state index >= 15 is 0 Å². The van der Waals surface area contributed by atoms with E-state index in [1.807, 2.05) is 0 Å². The Bertz CT molecular complexity index is 1080. The number of benzene rings is 2. The number of hydrogen-bond donors (Lipinski definition) is 1. The standard InChI is InChI=1S/C25H26N2O4/c1-25(2,3)18-8-4-15(5-9-18)17-12-21-24(22(28)13-17)20(14-23(29)26-21)16-6-10-19(11-7-16)27(30)31/h4-11,17,20H,12-14H2,1-3H3,(H,26,29). The molecule has 4 rings (SSSR count). The van der Waals surface area contributed by atoms with Crippen molar-refractivity contribution in [2.45, 2.75) is 57.3 Å². The van der Waals surface area contributed by atoms with Crippen LogP contribution in [0.1, 0.15) is 68.6 Å². The predicted octanol–water partition coefficient (Wildman–Crippen LogP) is 4.90. The summed E-state index contributed by atoms with van der Waals surface area (Å²) >= 11 is 0. The monoisotopic (exact) mass is 418 g/mol. The number of nitrogens with one attached hydrogen (secondary N) is 1. The number of carbonyl (C=O) groups is 2. The van der Waals surface area contributed by atoms with Crippen LogP contribution in [-0.2, 0) is 15.0 Å². The van der Waals surface area contributed by atoms with E-state index in [0.29, 0.717) is 24.1 Å². The third-order valence-corrected chi connectivity index (χ3v) is 6.29. The summed E-state index contributed by atoms with van der Waals surface area (Å²) in [5.74, 6) is -0.425. The number of nitro benzene ring substituents is 1. The average molecular weight is 418 g/mol. The number of ketones is 1. The van der Waals surface area contributed by atoms with Crippen LogP contribution in [0, 0.1) is 10.1 Å². The fourth-order valence-corrected chi connectivity index (χ4v) is 4.56. The molecule has 2 aromatic carbocycles. The third kappa shape index (κ3) is 4.15. The zero-order valence-corrected chi connectivity index (χ0v) is 18.0. The summed E-state index contributed by atoms with van der Waals surface area (Å²) in [4.78, 5) is 36.1. The van der Waals surface area contributed by atoms with Crippen LogP contribution in [0.4, 0.5) is 5.69 Å². The Morgan fingerprint density at radius 3 is 2.10 bits per heavy atom. The Morgan fingerprint density at radius 2 is 1.52 bits per heavy atom. The Kier molecular flexibility index (Phi) is 5.25. The number of rotatable bonds is 3. The topological polar surface area (TPSA) is 89.3 Å². The number of Topliss-reactive ketones (excluding diaryl/α,β-unsaturated/α-hetero) is 1. The molecule has 0 saturated carbocycles. The Morgan fingerprint density at radius 1 is 0.903 bits per heavy atom. The Balaban J connectivity index is 1.64. The molecule has 31 heavy (non-hydrogen) atoms. The SMILES string of the molecule is CC(C)(C)c1ccc(C2CC(=O)C3=C(C2)NC(=O)CC3c2ccc([N+](=O)[O-])cc2)cc1. The molecule has 1 amide bonds. The summed E-state index contributed by atoms with van der Waals surface area (Å²) in [7, 11) is 0. The number of allylic oxidation sites excluding steroid dienone is 2. The van der Waals surface area contributed by atoms with Crippen molar-refractivity contribution in [3.63, 3.8) is 0 Å². The first kappa shape index (κ1) is 21.0. The van der Waals surface area contributed by atoms with Crippen LogP contribution in [0.15, 0.2) is 59.8 Å². The highest BCUT2D eigenvalue weighted by atomic mass is 16.6. The van der Waals surface area contributed by atoms with Crippen molar-refractivity contribution in [2.24, 2.45) is 0 Å². The number of hydrogen-bond acceptors (Lipinski definition) is 4. The minimum absolute atomic E-state index is 0.00745. The Hall–Kier alpha value is -3.28. The van der Waals surface area contributed by atoms with Crippen molar-refractivity contribution in [2.75, 3.05) is 0 Å². The molecule has 2 atom stereocenters. The lowest BCUT2D eigenvalue weighted by atomic mass is 9.73. The van der Waals surface area contributed by atoms with Crippen LogP contribution in [-0.4, -0.2) is 16.6 Å². The van der Waals surface area contributed by atoms with Gasteiger partial charge in [0.05, 0.1) is 4.92 Å². The second-order valence-electron chi connectivity index (χ2n) is 9.45. The molecule has 1 heterocycles. The lowest BCUT2D eigenvalue weighted by Gasteiger charge is -2.34. The first-order valence-electron chi connectivity index (χ1n) is 10.5. The smallest absolute Gasteiger partial charge is 0.269 e. The molecule has 1 aliphatic heterocycles. The van der Waals surface area contributed by atoms with E-state index in [9.17, 15) is 19.7 Å². The Labute approximate surface area is 181 Å². The number of nitrogens with zero attached hydrogens (tertiary/aromatic N) is 1. The van der Waals surface area contributed by atoms with E-state index in [1.165, 1.54) is 17.7 Å². The molecule has 0 bridgehead atoms. The van der Waals surface area contributed by atoms with Crippen LogP contribution in [0.5, 0.6) is 0 Å². The molecule has 0 saturated heterocycles. The summed E-state index contributed by atoms with van der Waals surface area (Å²) in [6.45, 7) is 6.50. The largest absolute Gasteiger partial charge is 0.329 e. The molecule has 2 unspecified atom stereocenters. The second kappa shape index (κ2) is 7.76. The van der Waals surface area contributed by atoms with Crippen molar-refractivity contribution in [1.29, 1.82) is 0 Å². The quantitative estimate of drug-likeness (QED) is 0.567. The van der Waals surface area contributed by atoms with Gasteiger partial charge in [-0.25, -0.2) is 0 Å². The number of amides is 1. The van der Waals surface area contributed by atoms with E-state index in [2.05, 4.69) is 50.4 Å². The zero-order valence-electron chi connectivity index (χ0n) is 18.0. The molecule has 6 nitrogen and oxygen atoms in total. The highest BCUT2D eigenvalue weighted by Gasteiger charge is 2.38. The van der Waals surface area contributed by atoms with Gasteiger partial charge in [-0.3, -0.25) is 19.7 Å². The van der Waals surface area contributed by atoms with Crippen LogP contribution >= 0.6 is 0 Å². The molecule has 2 aliphatic rings. The first-order valence-corrected chi connectivity index (χ1v) is 10.5. The first-order chi connectivity index (χ1) is 14.6. The maximum Gasteiger partial charge on any atom is 0.269 e. The lowest BCUT2D eigenvalue weighted by Crippen LogP contribution is -2.38. The van der Waals surface area contributed by atoms with Crippen LogP contribution in [0.3, 0.4) is 0 Å². The maximum atomic E-state index is 13.2. The average Bonchev–Trinajstić information content (AvgIpc) is 2.72. The summed E-state index contributed by atoms with van der Waals surface area (Å²) in [5.41, 5.74) is 4.49. The second-order valence-corrected chi connectivity index (χ2v) is 9.45. The van der Waals surface area contributed by atoms with Gasteiger partial charge >= 0.3 is 0 Å². The minimum Gasteiger partial charge on any atom is -0.329 e. The molecule has 0 spiro atoms. The molecule has 160 valence electrons. The predicted molar refractivity (Wildman–Crippen MR) is 118 cm³/mol. The van der Waals surface area contributed by atoms with Crippen LogP contribution in [0.25, 0.3) is 0 Å². The van der Waals surface area contributed by atoms with Crippen molar-refractivity contribution in [3.8, 4) is 0 Å². The zero-order chi connectivity index (χ0) is 22.3. The fourth-order valence-electron chi connectivity index (χ4n) is 4.56. The molecule has 6 heteroatoms. The van der Waals surface area contributed by atoms with E-state index in [4.69, 9.17) is 0 Å². The van der Waals surface area contributed by atoms with Crippen molar-refractivity contribution in [1.82, 2.24) is 5.32 Å². The van der Waals surface area contributed by atoms with Gasteiger partial charge in [0, 0.05) is 42.2 Å². The van der Waals surface area contributed by atoms with E-state index in [-0.39, 0.29) is 41.0 Å². The molecule has 1 N–H and O–H groups in total. The molecular formula is C25H26N2O4. The highest BCUT2D eigenvalue weighted by Crippen LogP contribution is 2.43. The number of nitro groups is 1. The van der Waals surface area contributed by atoms with E-state index in [1.54, 1.807) is 12.1 Å². The summed E-state index contributed by atoms with van der Waals surface area (Å²) < 4.78 is 0. The van der Waals surface area contributed by atoms with Crippen molar-refractivity contribution < 1.29 is 14.5 Å². The number of non-ortho nitro benzene ring substituents is 1. The third-order valence-electron chi connectivity index (χ3n) is 6.29. The molecule has 0 radical (unpaired) electrons. The van der Waals surface area contributed by atoms with Gasteiger partial charge in [-0.2, -0.15) is 0 Å². The minimum atomic E-state index is -0.455. The van der Waals surface area contributed by atoms with Gasteiger partial charge < -0.3 is 5.32 Å². The van der Waals surface area contributed by atoms with Gasteiger partial charge in [0.1, 0.15) is 0 Å². The maximum absolute atomic E-state index is 13.2.